The summed E-state index contributed by atoms with van der Waals surface area (Å²) >= 11 is 1.81. The van der Waals surface area contributed by atoms with Gasteiger partial charge in [0.2, 0.25) is 5.91 Å². The topological polar surface area (TPSA) is 46.3 Å². The highest BCUT2D eigenvalue weighted by molar-refractivity contribution is 8.01. The normalized spacial score (nSPS) is 33.4. The van der Waals surface area contributed by atoms with Crippen LogP contribution < -0.4 is 5.73 Å². The molecular formula is C8H14N2OS. The zero-order chi connectivity index (χ0) is 8.55. The molecule has 0 aromatic carbocycles. The van der Waals surface area contributed by atoms with E-state index in [-0.39, 0.29) is 5.25 Å². The number of hydrogen-bond acceptors (Lipinski definition) is 3. The minimum Gasteiger partial charge on any atom is -0.338 e. The van der Waals surface area contributed by atoms with E-state index in [4.69, 9.17) is 5.73 Å². The molecule has 4 heteroatoms. The van der Waals surface area contributed by atoms with Crippen LogP contribution in [0, 0.1) is 0 Å². The summed E-state index contributed by atoms with van der Waals surface area (Å²) in [6, 6.07) is 0.527. The number of nitrogens with zero attached hydrogens (tertiary/aromatic N) is 1. The van der Waals surface area contributed by atoms with Crippen LogP contribution in [0.1, 0.15) is 12.8 Å². The predicted molar refractivity (Wildman–Crippen MR) is 50.0 cm³/mol. The van der Waals surface area contributed by atoms with Crippen molar-refractivity contribution in [2.45, 2.75) is 24.1 Å². The van der Waals surface area contributed by atoms with Crippen molar-refractivity contribution in [2.75, 3.05) is 18.8 Å². The molecule has 2 unspecified atom stereocenters. The average Bonchev–Trinajstić information content (AvgIpc) is 2.62. The second kappa shape index (κ2) is 3.26. The quantitative estimate of drug-likeness (QED) is 0.677. The number of carbonyl (C=O) groups is 1. The SMILES string of the molecule is NCCCN1C(=O)C2CC1CS2. The van der Waals surface area contributed by atoms with Gasteiger partial charge in [-0.05, 0) is 19.4 Å². The first-order valence-corrected chi connectivity index (χ1v) is 5.50. The number of nitrogens with two attached hydrogens (primary N) is 1. The molecule has 0 spiro atoms. The van der Waals surface area contributed by atoms with Gasteiger partial charge in [-0.25, -0.2) is 0 Å². The van der Waals surface area contributed by atoms with Crippen LogP contribution in [-0.2, 0) is 4.79 Å². The maximum Gasteiger partial charge on any atom is 0.236 e. The molecule has 0 aliphatic carbocycles. The molecule has 0 aromatic rings. The summed E-state index contributed by atoms with van der Waals surface area (Å²) in [5, 5.41) is 0.285. The van der Waals surface area contributed by atoms with E-state index < -0.39 is 0 Å². The van der Waals surface area contributed by atoms with Gasteiger partial charge in [0.15, 0.2) is 0 Å². The predicted octanol–water partition coefficient (Wildman–Crippen LogP) is 0.0515. The Morgan fingerprint density at radius 3 is 3.08 bits per heavy atom. The molecule has 0 saturated carbocycles. The Morgan fingerprint density at radius 2 is 2.50 bits per heavy atom. The zero-order valence-electron chi connectivity index (χ0n) is 7.03. The van der Waals surface area contributed by atoms with Crippen LogP contribution >= 0.6 is 11.8 Å². The fourth-order valence-corrected chi connectivity index (χ4v) is 3.33. The number of thioether (sulfide) groups is 1. The summed E-state index contributed by atoms with van der Waals surface area (Å²) in [5.74, 6) is 1.49. The molecule has 2 aliphatic heterocycles. The van der Waals surface area contributed by atoms with Gasteiger partial charge in [0.05, 0.1) is 5.25 Å². The van der Waals surface area contributed by atoms with Gasteiger partial charge in [-0.2, -0.15) is 0 Å². The molecule has 2 aliphatic rings. The van der Waals surface area contributed by atoms with Crippen LogP contribution in [0.2, 0.25) is 0 Å². The molecule has 2 rings (SSSR count). The minimum absolute atomic E-state index is 0.285. The van der Waals surface area contributed by atoms with Crippen LogP contribution in [0.4, 0.5) is 0 Å². The fourth-order valence-electron chi connectivity index (χ4n) is 1.92. The van der Waals surface area contributed by atoms with Crippen molar-refractivity contribution in [3.63, 3.8) is 0 Å². The van der Waals surface area contributed by atoms with Gasteiger partial charge < -0.3 is 10.6 Å². The summed E-state index contributed by atoms with van der Waals surface area (Å²) in [5.41, 5.74) is 5.41. The highest BCUT2D eigenvalue weighted by atomic mass is 32.2. The number of hydrogen-bond donors (Lipinski definition) is 1. The fraction of sp³-hybridized carbons (Fsp3) is 0.875. The van der Waals surface area contributed by atoms with Crippen LogP contribution in [0.5, 0.6) is 0 Å². The van der Waals surface area contributed by atoms with Crippen molar-refractivity contribution in [2.24, 2.45) is 5.73 Å². The number of carbonyl (C=O) groups excluding carboxylic acids is 1. The largest absolute Gasteiger partial charge is 0.338 e. The van der Waals surface area contributed by atoms with Crippen molar-refractivity contribution in [3.05, 3.63) is 0 Å². The third-order valence-corrected chi connectivity index (χ3v) is 3.95. The Morgan fingerprint density at radius 1 is 1.67 bits per heavy atom. The molecular weight excluding hydrogens is 172 g/mol. The van der Waals surface area contributed by atoms with Crippen molar-refractivity contribution >= 4 is 17.7 Å². The molecule has 12 heavy (non-hydrogen) atoms. The number of fused-ring (bicyclic) bond motifs is 2. The van der Waals surface area contributed by atoms with Gasteiger partial charge in [0.25, 0.3) is 0 Å². The molecule has 2 atom stereocenters. The highest BCUT2D eigenvalue weighted by Gasteiger charge is 2.44. The molecule has 2 fully saturated rings. The van der Waals surface area contributed by atoms with E-state index >= 15 is 0 Å². The Labute approximate surface area is 76.7 Å². The maximum absolute atomic E-state index is 11.5. The Hall–Kier alpha value is -0.220. The standard InChI is InChI=1S/C8H14N2OS/c9-2-1-3-10-6-4-7(8(10)11)12-5-6/h6-7H,1-5,9H2. The monoisotopic (exact) mass is 186 g/mol. The zero-order valence-corrected chi connectivity index (χ0v) is 7.85. The molecule has 2 saturated heterocycles. The lowest BCUT2D eigenvalue weighted by molar-refractivity contribution is -0.128. The van der Waals surface area contributed by atoms with E-state index in [1.54, 1.807) is 0 Å². The first kappa shape index (κ1) is 8.38. The highest BCUT2D eigenvalue weighted by Crippen LogP contribution is 2.38. The molecule has 2 heterocycles. The third kappa shape index (κ3) is 1.23. The first-order valence-electron chi connectivity index (χ1n) is 4.45. The van der Waals surface area contributed by atoms with Gasteiger partial charge in [0, 0.05) is 18.3 Å². The lowest BCUT2D eigenvalue weighted by atomic mass is 10.2. The van der Waals surface area contributed by atoms with E-state index in [2.05, 4.69) is 0 Å². The summed E-state index contributed by atoms with van der Waals surface area (Å²) in [6.07, 6.45) is 2.02. The van der Waals surface area contributed by atoms with Crippen molar-refractivity contribution in [3.8, 4) is 0 Å². The van der Waals surface area contributed by atoms with Crippen LogP contribution in [-0.4, -0.2) is 40.9 Å². The van der Waals surface area contributed by atoms with E-state index in [0.29, 0.717) is 18.5 Å². The van der Waals surface area contributed by atoms with E-state index in [9.17, 15) is 4.79 Å². The Bertz CT molecular complexity index is 197. The number of amides is 1. The third-order valence-electron chi connectivity index (χ3n) is 2.58. The van der Waals surface area contributed by atoms with Gasteiger partial charge in [-0.3, -0.25) is 4.79 Å². The summed E-state index contributed by atoms with van der Waals surface area (Å²) < 4.78 is 0. The average molecular weight is 186 g/mol. The molecule has 3 nitrogen and oxygen atoms in total. The second-order valence-corrected chi connectivity index (χ2v) is 4.62. The molecule has 1 amide bonds. The van der Waals surface area contributed by atoms with Crippen LogP contribution in [0.15, 0.2) is 0 Å². The lowest BCUT2D eigenvalue weighted by Gasteiger charge is -2.26. The van der Waals surface area contributed by atoms with Gasteiger partial charge in [-0.15, -0.1) is 11.8 Å². The summed E-state index contributed by atoms with van der Waals surface area (Å²) in [6.45, 7) is 1.56. The van der Waals surface area contributed by atoms with Crippen molar-refractivity contribution < 1.29 is 4.79 Å². The Kier molecular flexibility index (Phi) is 2.28. The van der Waals surface area contributed by atoms with Gasteiger partial charge in [-0.1, -0.05) is 0 Å². The van der Waals surface area contributed by atoms with E-state index in [1.165, 1.54) is 0 Å². The molecule has 2 bridgehead atoms. The van der Waals surface area contributed by atoms with Gasteiger partial charge >= 0.3 is 0 Å². The number of rotatable bonds is 3. The Balaban J connectivity index is 1.94. The number of likely N-dealkylation sites (tertiary alicyclic amines) is 1. The molecule has 0 aromatic heterocycles. The molecule has 0 radical (unpaired) electrons. The maximum atomic E-state index is 11.5. The van der Waals surface area contributed by atoms with Crippen LogP contribution in [0.25, 0.3) is 0 Å². The minimum atomic E-state index is 0.285. The summed E-state index contributed by atoms with van der Waals surface area (Å²) in [7, 11) is 0. The summed E-state index contributed by atoms with van der Waals surface area (Å²) in [4.78, 5) is 13.6. The van der Waals surface area contributed by atoms with Gasteiger partial charge in [0.1, 0.15) is 0 Å². The lowest BCUT2D eigenvalue weighted by Crippen LogP contribution is -2.39. The van der Waals surface area contributed by atoms with Crippen LogP contribution in [0.3, 0.4) is 0 Å². The van der Waals surface area contributed by atoms with Crippen molar-refractivity contribution in [1.82, 2.24) is 4.90 Å². The smallest absolute Gasteiger partial charge is 0.236 e. The first-order chi connectivity index (χ1) is 5.83. The van der Waals surface area contributed by atoms with E-state index in [1.807, 2.05) is 16.7 Å². The molecule has 2 N–H and O–H groups in total. The molecule has 68 valence electrons. The van der Waals surface area contributed by atoms with E-state index in [0.717, 1.165) is 25.1 Å². The van der Waals surface area contributed by atoms with Crippen molar-refractivity contribution in [1.29, 1.82) is 0 Å². The second-order valence-electron chi connectivity index (χ2n) is 3.39.